The molecule has 1 aliphatic heterocycles. The highest BCUT2D eigenvalue weighted by atomic mass is 16.5. The highest BCUT2D eigenvalue weighted by Crippen LogP contribution is 2.27. The summed E-state index contributed by atoms with van der Waals surface area (Å²) in [6.07, 6.45) is 0.150. The van der Waals surface area contributed by atoms with E-state index in [-0.39, 0.29) is 30.7 Å². The van der Waals surface area contributed by atoms with E-state index in [2.05, 4.69) is 10.6 Å². The average Bonchev–Trinajstić information content (AvgIpc) is 3.32. The molecule has 9 nitrogen and oxygen atoms in total. The lowest BCUT2D eigenvalue weighted by molar-refractivity contribution is -0.126. The molecular weight excluding hydrogens is 474 g/mol. The highest BCUT2D eigenvalue weighted by Gasteiger charge is 2.35. The Labute approximate surface area is 215 Å². The Kier molecular flexibility index (Phi) is 8.25. The summed E-state index contributed by atoms with van der Waals surface area (Å²) in [5.74, 6) is 0.870. The first-order valence-corrected chi connectivity index (χ1v) is 11.8. The second-order valence-corrected chi connectivity index (χ2v) is 8.53. The van der Waals surface area contributed by atoms with E-state index >= 15 is 0 Å². The summed E-state index contributed by atoms with van der Waals surface area (Å²) in [6.45, 7) is 0.511. The predicted octanol–water partition coefficient (Wildman–Crippen LogP) is 3.39. The molecular formula is C28H29N3O6. The Bertz CT molecular complexity index is 1240. The lowest BCUT2D eigenvalue weighted by atomic mass is 10.1. The van der Waals surface area contributed by atoms with Gasteiger partial charge in [0.15, 0.2) is 6.61 Å². The van der Waals surface area contributed by atoms with Gasteiger partial charge in [0.05, 0.1) is 20.1 Å². The first kappa shape index (κ1) is 25.6. The van der Waals surface area contributed by atoms with Crippen LogP contribution in [0, 0.1) is 5.92 Å². The molecule has 3 amide bonds. The van der Waals surface area contributed by atoms with Crippen LogP contribution in [0.1, 0.15) is 12.0 Å². The number of carbonyl (C=O) groups is 3. The number of methoxy groups -OCH3 is 2. The second kappa shape index (κ2) is 11.9. The van der Waals surface area contributed by atoms with Crippen molar-refractivity contribution < 1.29 is 28.6 Å². The molecule has 2 N–H and O–H groups in total. The Morgan fingerprint density at radius 1 is 0.919 bits per heavy atom. The molecule has 3 aromatic carbocycles. The van der Waals surface area contributed by atoms with Crippen molar-refractivity contribution in [3.8, 4) is 17.2 Å². The molecule has 192 valence electrons. The number of nitrogens with zero attached hydrogens (tertiary/aromatic N) is 1. The molecule has 37 heavy (non-hydrogen) atoms. The second-order valence-electron chi connectivity index (χ2n) is 8.53. The number of anilines is 2. The monoisotopic (exact) mass is 503 g/mol. The molecule has 1 saturated heterocycles. The maximum atomic E-state index is 12.7. The van der Waals surface area contributed by atoms with Gasteiger partial charge in [-0.25, -0.2) is 0 Å². The van der Waals surface area contributed by atoms with Gasteiger partial charge in [-0.1, -0.05) is 18.2 Å². The van der Waals surface area contributed by atoms with Gasteiger partial charge in [-0.2, -0.15) is 0 Å². The number of rotatable bonds is 10. The molecule has 0 radical (unpaired) electrons. The molecule has 0 unspecified atom stereocenters. The standard InChI is InChI=1S/C28H29N3O6/c1-35-23-10-6-19(7-11-23)16-29-28(34)20-14-27(33)31(17-20)22-8-12-24(13-9-22)37-18-26(32)30-21-4-3-5-25(15-21)36-2/h3-13,15,20H,14,16-18H2,1-2H3,(H,29,34)(H,30,32)/t20-/m0/s1. The summed E-state index contributed by atoms with van der Waals surface area (Å²) >= 11 is 0. The normalized spacial score (nSPS) is 14.7. The molecule has 0 bridgehead atoms. The van der Waals surface area contributed by atoms with Gasteiger partial charge in [0.25, 0.3) is 5.91 Å². The van der Waals surface area contributed by atoms with Gasteiger partial charge < -0.3 is 29.7 Å². The molecule has 1 fully saturated rings. The Morgan fingerprint density at radius 3 is 2.32 bits per heavy atom. The number of ether oxygens (including phenoxy) is 3. The van der Waals surface area contributed by atoms with Gasteiger partial charge >= 0.3 is 0 Å². The first-order valence-electron chi connectivity index (χ1n) is 11.8. The Morgan fingerprint density at radius 2 is 1.62 bits per heavy atom. The van der Waals surface area contributed by atoms with Gasteiger partial charge in [0.1, 0.15) is 17.2 Å². The van der Waals surface area contributed by atoms with Crippen LogP contribution in [0.5, 0.6) is 17.2 Å². The molecule has 3 aromatic rings. The number of hydrogen-bond acceptors (Lipinski definition) is 6. The van der Waals surface area contributed by atoms with Crippen LogP contribution in [0.3, 0.4) is 0 Å². The van der Waals surface area contributed by atoms with Gasteiger partial charge in [-0.15, -0.1) is 0 Å². The molecule has 1 atom stereocenters. The molecule has 0 spiro atoms. The van der Waals surface area contributed by atoms with Crippen LogP contribution >= 0.6 is 0 Å². The number of hydrogen-bond donors (Lipinski definition) is 2. The van der Waals surface area contributed by atoms with Crippen LogP contribution in [0.4, 0.5) is 11.4 Å². The summed E-state index contributed by atoms with van der Waals surface area (Å²) < 4.78 is 15.9. The lowest BCUT2D eigenvalue weighted by Gasteiger charge is -2.17. The lowest BCUT2D eigenvalue weighted by Crippen LogP contribution is -2.32. The van der Waals surface area contributed by atoms with Crippen molar-refractivity contribution in [3.63, 3.8) is 0 Å². The van der Waals surface area contributed by atoms with Crippen LogP contribution in [0.2, 0.25) is 0 Å². The van der Waals surface area contributed by atoms with Crippen molar-refractivity contribution in [3.05, 3.63) is 78.4 Å². The van der Waals surface area contributed by atoms with Crippen molar-refractivity contribution in [2.24, 2.45) is 5.92 Å². The minimum absolute atomic E-state index is 0.115. The zero-order valence-electron chi connectivity index (χ0n) is 20.7. The number of carbonyl (C=O) groups excluding carboxylic acids is 3. The quantitative estimate of drug-likeness (QED) is 0.439. The Hall–Kier alpha value is -4.53. The van der Waals surface area contributed by atoms with Crippen molar-refractivity contribution >= 4 is 29.1 Å². The van der Waals surface area contributed by atoms with E-state index in [1.165, 1.54) is 0 Å². The van der Waals surface area contributed by atoms with E-state index in [4.69, 9.17) is 14.2 Å². The van der Waals surface area contributed by atoms with Gasteiger partial charge in [0, 0.05) is 37.0 Å². The largest absolute Gasteiger partial charge is 0.497 e. The maximum absolute atomic E-state index is 12.7. The molecule has 4 rings (SSSR count). The summed E-state index contributed by atoms with van der Waals surface area (Å²) in [6, 6.07) is 21.4. The van der Waals surface area contributed by atoms with Crippen molar-refractivity contribution in [1.82, 2.24) is 5.32 Å². The van der Waals surface area contributed by atoms with Crippen LogP contribution in [0.25, 0.3) is 0 Å². The zero-order valence-corrected chi connectivity index (χ0v) is 20.7. The average molecular weight is 504 g/mol. The topological polar surface area (TPSA) is 106 Å². The third-order valence-electron chi connectivity index (χ3n) is 5.99. The molecule has 9 heteroatoms. The minimum atomic E-state index is -0.429. The molecule has 0 aromatic heterocycles. The summed E-state index contributed by atoms with van der Waals surface area (Å²) in [4.78, 5) is 39.0. The van der Waals surface area contributed by atoms with E-state index in [0.717, 1.165) is 11.3 Å². The summed E-state index contributed by atoms with van der Waals surface area (Å²) in [5.41, 5.74) is 2.23. The first-order chi connectivity index (χ1) is 17.9. The predicted molar refractivity (Wildman–Crippen MR) is 139 cm³/mol. The van der Waals surface area contributed by atoms with E-state index in [1.54, 1.807) is 67.7 Å². The van der Waals surface area contributed by atoms with Crippen LogP contribution in [-0.4, -0.2) is 45.1 Å². The van der Waals surface area contributed by atoms with Crippen LogP contribution in [-0.2, 0) is 20.9 Å². The third-order valence-corrected chi connectivity index (χ3v) is 5.99. The molecule has 1 aliphatic rings. The van der Waals surface area contributed by atoms with Crippen molar-refractivity contribution in [2.45, 2.75) is 13.0 Å². The SMILES string of the molecule is COc1ccc(CNC(=O)[C@H]2CC(=O)N(c3ccc(OCC(=O)Nc4cccc(OC)c4)cc3)C2)cc1. The third kappa shape index (κ3) is 6.78. The van der Waals surface area contributed by atoms with E-state index in [9.17, 15) is 14.4 Å². The molecule has 0 saturated carbocycles. The summed E-state index contributed by atoms with van der Waals surface area (Å²) in [5, 5.41) is 5.66. The Balaban J connectivity index is 1.25. The van der Waals surface area contributed by atoms with E-state index < -0.39 is 5.92 Å². The fourth-order valence-corrected chi connectivity index (χ4v) is 3.98. The smallest absolute Gasteiger partial charge is 0.262 e. The molecule has 1 heterocycles. The number of benzene rings is 3. The van der Waals surface area contributed by atoms with Gasteiger partial charge in [-0.05, 0) is 54.1 Å². The molecule has 0 aliphatic carbocycles. The zero-order chi connectivity index (χ0) is 26.2. The fraction of sp³-hybridized carbons (Fsp3) is 0.250. The number of amides is 3. The van der Waals surface area contributed by atoms with Crippen molar-refractivity contribution in [2.75, 3.05) is 37.6 Å². The maximum Gasteiger partial charge on any atom is 0.262 e. The minimum Gasteiger partial charge on any atom is -0.497 e. The van der Waals surface area contributed by atoms with Gasteiger partial charge in [-0.3, -0.25) is 14.4 Å². The van der Waals surface area contributed by atoms with E-state index in [1.807, 2.05) is 24.3 Å². The van der Waals surface area contributed by atoms with Gasteiger partial charge in [0.2, 0.25) is 11.8 Å². The van der Waals surface area contributed by atoms with Crippen molar-refractivity contribution in [1.29, 1.82) is 0 Å². The number of nitrogens with one attached hydrogen (secondary N) is 2. The van der Waals surface area contributed by atoms with E-state index in [0.29, 0.717) is 36.0 Å². The summed E-state index contributed by atoms with van der Waals surface area (Å²) in [7, 11) is 3.16. The van der Waals surface area contributed by atoms with Crippen LogP contribution in [0.15, 0.2) is 72.8 Å². The highest BCUT2D eigenvalue weighted by molar-refractivity contribution is 6.00. The fourth-order valence-electron chi connectivity index (χ4n) is 3.98. The van der Waals surface area contributed by atoms with Crippen LogP contribution < -0.4 is 29.7 Å².